The molecule has 1 aromatic carbocycles. The number of nitrogens with one attached hydrogen (secondary N) is 1. The van der Waals surface area contributed by atoms with Crippen molar-refractivity contribution in [2.45, 2.75) is 40.2 Å². The number of benzene rings is 1. The molecule has 7 heteroatoms. The van der Waals surface area contributed by atoms with Gasteiger partial charge in [-0.25, -0.2) is 15.0 Å². The number of amides is 1. The average Bonchev–Trinajstić information content (AvgIpc) is 3.34. The van der Waals surface area contributed by atoms with E-state index in [1.807, 2.05) is 36.2 Å². The molecule has 1 N–H and O–H groups in total. The number of aryl methyl sites for hydroxylation is 1. The lowest BCUT2D eigenvalue weighted by molar-refractivity contribution is 0.0979. The van der Waals surface area contributed by atoms with E-state index in [9.17, 15) is 4.79 Å². The van der Waals surface area contributed by atoms with Crippen LogP contribution in [0.25, 0.3) is 21.7 Å². The van der Waals surface area contributed by atoms with E-state index >= 15 is 0 Å². The van der Waals surface area contributed by atoms with Crippen LogP contribution in [-0.2, 0) is 0 Å². The molecule has 0 aliphatic rings. The molecule has 0 saturated heterocycles. The Morgan fingerprint density at radius 2 is 1.93 bits per heavy atom. The number of aromatic amines is 1. The first-order valence-corrected chi connectivity index (χ1v) is 10.9. The smallest absolute Gasteiger partial charge is 0.270 e. The second-order valence-electron chi connectivity index (χ2n) is 7.91. The predicted octanol–water partition coefficient (Wildman–Crippen LogP) is 5.47. The van der Waals surface area contributed by atoms with Crippen molar-refractivity contribution in [2.24, 2.45) is 5.92 Å². The highest BCUT2D eigenvalue weighted by Gasteiger charge is 2.28. The van der Waals surface area contributed by atoms with Gasteiger partial charge in [-0.1, -0.05) is 13.8 Å². The summed E-state index contributed by atoms with van der Waals surface area (Å²) in [6.07, 6.45) is 6.19. The number of hydrogen-bond donors (Lipinski definition) is 1. The van der Waals surface area contributed by atoms with E-state index in [4.69, 9.17) is 0 Å². The topological polar surface area (TPSA) is 74.8 Å². The molecule has 3 aromatic heterocycles. The van der Waals surface area contributed by atoms with Gasteiger partial charge in [0.05, 0.1) is 5.69 Å². The van der Waals surface area contributed by atoms with Crippen LogP contribution in [0.1, 0.15) is 42.6 Å². The van der Waals surface area contributed by atoms with E-state index in [-0.39, 0.29) is 11.9 Å². The first kappa shape index (κ1) is 20.2. The summed E-state index contributed by atoms with van der Waals surface area (Å²) in [7, 11) is 0. The summed E-state index contributed by atoms with van der Waals surface area (Å²) in [5, 5.41) is 1.75. The van der Waals surface area contributed by atoms with Crippen molar-refractivity contribution in [3.05, 3.63) is 59.5 Å². The highest BCUT2D eigenvalue weighted by molar-refractivity contribution is 7.17. The largest absolute Gasteiger partial charge is 0.361 e. The fraction of sp³-hybridized carbons (Fsp3) is 0.304. The van der Waals surface area contributed by atoms with Crippen molar-refractivity contribution in [1.29, 1.82) is 0 Å². The Morgan fingerprint density at radius 1 is 1.17 bits per heavy atom. The standard InChI is InChI=1S/C23H25N5OS/c1-14(2)12-15(3)28(18-6-7-19-17(13-18)8-11-24-19)23(29)20-16(4)27-22(30-20)21-25-9-5-10-26-21/h5-11,13-15,24H,12H2,1-4H3. The van der Waals surface area contributed by atoms with Crippen molar-refractivity contribution < 1.29 is 4.79 Å². The Hall–Kier alpha value is -3.06. The molecule has 1 atom stereocenters. The third-order valence-corrected chi connectivity index (χ3v) is 6.18. The van der Waals surface area contributed by atoms with Crippen LogP contribution in [0.15, 0.2) is 48.9 Å². The van der Waals surface area contributed by atoms with E-state index in [0.717, 1.165) is 23.0 Å². The highest BCUT2D eigenvalue weighted by Crippen LogP contribution is 2.31. The Labute approximate surface area is 180 Å². The van der Waals surface area contributed by atoms with Crippen molar-refractivity contribution >= 4 is 33.8 Å². The van der Waals surface area contributed by atoms with Gasteiger partial charge < -0.3 is 9.88 Å². The van der Waals surface area contributed by atoms with Gasteiger partial charge >= 0.3 is 0 Å². The minimum atomic E-state index is -0.0322. The van der Waals surface area contributed by atoms with Gasteiger partial charge in [-0.05, 0) is 56.5 Å². The van der Waals surface area contributed by atoms with Crippen LogP contribution in [0.2, 0.25) is 0 Å². The van der Waals surface area contributed by atoms with Gasteiger partial charge in [0, 0.05) is 41.2 Å². The molecule has 6 nitrogen and oxygen atoms in total. The van der Waals surface area contributed by atoms with Crippen LogP contribution < -0.4 is 4.90 Å². The number of hydrogen-bond acceptors (Lipinski definition) is 5. The first-order valence-electron chi connectivity index (χ1n) is 10.1. The molecule has 0 fully saturated rings. The molecule has 4 rings (SSSR count). The Bertz CT molecular complexity index is 1160. The van der Waals surface area contributed by atoms with Crippen molar-refractivity contribution in [1.82, 2.24) is 19.9 Å². The number of rotatable bonds is 6. The number of anilines is 1. The van der Waals surface area contributed by atoms with Gasteiger partial charge in [0.1, 0.15) is 4.88 Å². The lowest BCUT2D eigenvalue weighted by Gasteiger charge is -2.30. The number of thiazole rings is 1. The Kier molecular flexibility index (Phi) is 5.63. The molecule has 0 aliphatic heterocycles. The van der Waals surface area contributed by atoms with E-state index in [1.54, 1.807) is 18.5 Å². The van der Waals surface area contributed by atoms with Gasteiger partial charge in [-0.15, -0.1) is 11.3 Å². The molecule has 4 aromatic rings. The lowest BCUT2D eigenvalue weighted by Crippen LogP contribution is -2.39. The summed E-state index contributed by atoms with van der Waals surface area (Å²) in [6, 6.07) is 9.94. The minimum Gasteiger partial charge on any atom is -0.361 e. The lowest BCUT2D eigenvalue weighted by atomic mass is 10.0. The van der Waals surface area contributed by atoms with Gasteiger partial charge in [0.25, 0.3) is 5.91 Å². The van der Waals surface area contributed by atoms with E-state index in [0.29, 0.717) is 27.3 Å². The summed E-state index contributed by atoms with van der Waals surface area (Å²) in [5.74, 6) is 0.984. The maximum absolute atomic E-state index is 13.8. The SMILES string of the molecule is Cc1nc(-c2ncccn2)sc1C(=O)N(c1ccc2[nH]ccc2c1)C(C)CC(C)C. The molecular weight excluding hydrogens is 394 g/mol. The van der Waals surface area contributed by atoms with Crippen LogP contribution in [0.3, 0.4) is 0 Å². The number of carbonyl (C=O) groups excluding carboxylic acids is 1. The quantitative estimate of drug-likeness (QED) is 0.450. The van der Waals surface area contributed by atoms with E-state index < -0.39 is 0 Å². The van der Waals surface area contributed by atoms with Gasteiger partial charge in [-0.3, -0.25) is 4.79 Å². The summed E-state index contributed by atoms with van der Waals surface area (Å²) in [4.78, 5) is 32.6. The molecule has 1 amide bonds. The van der Waals surface area contributed by atoms with E-state index in [1.165, 1.54) is 11.3 Å². The van der Waals surface area contributed by atoms with Crippen LogP contribution in [-0.4, -0.2) is 31.9 Å². The zero-order chi connectivity index (χ0) is 21.3. The molecule has 1 unspecified atom stereocenters. The molecule has 0 bridgehead atoms. The minimum absolute atomic E-state index is 0.0322. The number of H-pyrrole nitrogens is 1. The summed E-state index contributed by atoms with van der Waals surface area (Å²) < 4.78 is 0. The number of aromatic nitrogens is 4. The average molecular weight is 420 g/mol. The fourth-order valence-electron chi connectivity index (χ4n) is 3.76. The summed E-state index contributed by atoms with van der Waals surface area (Å²) >= 11 is 1.35. The van der Waals surface area contributed by atoms with Crippen LogP contribution >= 0.6 is 11.3 Å². The second kappa shape index (κ2) is 8.36. The zero-order valence-electron chi connectivity index (χ0n) is 17.6. The molecular formula is C23H25N5OS. The zero-order valence-corrected chi connectivity index (χ0v) is 18.4. The number of fused-ring (bicyclic) bond motifs is 1. The van der Waals surface area contributed by atoms with E-state index in [2.05, 4.69) is 46.8 Å². The Balaban J connectivity index is 1.75. The fourth-order valence-corrected chi connectivity index (χ4v) is 4.71. The van der Waals surface area contributed by atoms with Gasteiger partial charge in [0.2, 0.25) is 0 Å². The second-order valence-corrected chi connectivity index (χ2v) is 8.91. The molecule has 0 radical (unpaired) electrons. The third kappa shape index (κ3) is 3.98. The van der Waals surface area contributed by atoms with Crippen molar-refractivity contribution in [3.8, 4) is 10.8 Å². The monoisotopic (exact) mass is 419 g/mol. The summed E-state index contributed by atoms with van der Waals surface area (Å²) in [5.41, 5.74) is 2.66. The molecule has 30 heavy (non-hydrogen) atoms. The third-order valence-electron chi connectivity index (χ3n) is 5.04. The van der Waals surface area contributed by atoms with Crippen LogP contribution in [0.5, 0.6) is 0 Å². The van der Waals surface area contributed by atoms with Crippen LogP contribution in [0.4, 0.5) is 5.69 Å². The summed E-state index contributed by atoms with van der Waals surface area (Å²) in [6.45, 7) is 8.34. The molecule has 0 aliphatic carbocycles. The van der Waals surface area contributed by atoms with Gasteiger partial charge in [-0.2, -0.15) is 0 Å². The first-order chi connectivity index (χ1) is 14.4. The van der Waals surface area contributed by atoms with Crippen LogP contribution in [0, 0.1) is 12.8 Å². The van der Waals surface area contributed by atoms with Crippen molar-refractivity contribution in [3.63, 3.8) is 0 Å². The predicted molar refractivity (Wildman–Crippen MR) is 122 cm³/mol. The van der Waals surface area contributed by atoms with Crippen molar-refractivity contribution in [2.75, 3.05) is 4.90 Å². The normalized spacial score (nSPS) is 12.4. The number of nitrogens with zero attached hydrogens (tertiary/aromatic N) is 4. The molecule has 0 spiro atoms. The molecule has 3 heterocycles. The number of carbonyl (C=O) groups is 1. The maximum atomic E-state index is 13.8. The molecule has 0 saturated carbocycles. The highest BCUT2D eigenvalue weighted by atomic mass is 32.1. The van der Waals surface area contributed by atoms with Gasteiger partial charge in [0.15, 0.2) is 10.8 Å². The Morgan fingerprint density at radius 3 is 2.67 bits per heavy atom. The maximum Gasteiger partial charge on any atom is 0.270 e. The molecule has 154 valence electrons.